The highest BCUT2D eigenvalue weighted by Crippen LogP contribution is 2.24. The Morgan fingerprint density at radius 3 is 2.35 bits per heavy atom. The number of hydrogen-bond donors (Lipinski definition) is 0. The van der Waals surface area contributed by atoms with Gasteiger partial charge in [-0.1, -0.05) is 49.7 Å². The molecule has 3 heteroatoms. The lowest BCUT2D eigenvalue weighted by Gasteiger charge is -2.27. The molecule has 0 amide bonds. The van der Waals surface area contributed by atoms with Crippen molar-refractivity contribution in [2.75, 3.05) is 0 Å². The smallest absolute Gasteiger partial charge is 0.255 e. The van der Waals surface area contributed by atoms with Gasteiger partial charge in [0.05, 0.1) is 0 Å². The van der Waals surface area contributed by atoms with Crippen molar-refractivity contribution in [2.45, 2.75) is 57.8 Å². The molecule has 17 heavy (non-hydrogen) atoms. The standard InChI is InChI=1S/C14H22BrNO/c1-6-10(2)16-12(14(3,4)5)8-7-11(9-15)13(16)17/h7-8,10H,6,9H2,1-5H3. The zero-order chi connectivity index (χ0) is 13.2. The Labute approximate surface area is 112 Å². The maximum absolute atomic E-state index is 12.4. The monoisotopic (exact) mass is 299 g/mol. The molecule has 0 aliphatic rings. The average molecular weight is 300 g/mol. The topological polar surface area (TPSA) is 22.0 Å². The number of hydrogen-bond acceptors (Lipinski definition) is 1. The first-order valence-corrected chi connectivity index (χ1v) is 7.26. The largest absolute Gasteiger partial charge is 0.309 e. The van der Waals surface area contributed by atoms with E-state index in [2.05, 4.69) is 56.6 Å². The molecule has 0 saturated carbocycles. The Morgan fingerprint density at radius 2 is 1.94 bits per heavy atom. The molecule has 1 unspecified atom stereocenters. The molecule has 0 N–H and O–H groups in total. The number of pyridine rings is 1. The Hall–Kier alpha value is -0.570. The Bertz CT molecular complexity index is 443. The second-order valence-corrected chi connectivity index (χ2v) is 6.12. The van der Waals surface area contributed by atoms with Gasteiger partial charge in [-0.3, -0.25) is 4.79 Å². The number of alkyl halides is 1. The molecule has 0 radical (unpaired) electrons. The maximum Gasteiger partial charge on any atom is 0.255 e. The minimum Gasteiger partial charge on any atom is -0.309 e. The van der Waals surface area contributed by atoms with Gasteiger partial charge in [-0.25, -0.2) is 0 Å². The zero-order valence-electron chi connectivity index (χ0n) is 11.4. The van der Waals surface area contributed by atoms with E-state index in [0.717, 1.165) is 17.7 Å². The fourth-order valence-electron chi connectivity index (χ4n) is 1.93. The van der Waals surface area contributed by atoms with Crippen LogP contribution in [0.2, 0.25) is 0 Å². The summed E-state index contributed by atoms with van der Waals surface area (Å²) < 4.78 is 1.95. The molecule has 0 fully saturated rings. The SMILES string of the molecule is CCC(C)n1c(C(C)(C)C)ccc(CBr)c1=O. The molecule has 0 aliphatic carbocycles. The molecule has 1 aromatic rings. The minimum atomic E-state index is -0.00652. The van der Waals surface area contributed by atoms with Crippen LogP contribution in [0.15, 0.2) is 16.9 Å². The molecule has 0 bridgehead atoms. The van der Waals surface area contributed by atoms with Crippen LogP contribution in [0.1, 0.15) is 58.3 Å². The summed E-state index contributed by atoms with van der Waals surface area (Å²) in [6, 6.07) is 4.27. The number of aromatic nitrogens is 1. The van der Waals surface area contributed by atoms with Gasteiger partial charge in [-0.2, -0.15) is 0 Å². The van der Waals surface area contributed by atoms with Crippen molar-refractivity contribution in [3.05, 3.63) is 33.7 Å². The van der Waals surface area contributed by atoms with Gasteiger partial charge in [0.25, 0.3) is 5.56 Å². The van der Waals surface area contributed by atoms with Crippen molar-refractivity contribution in [3.63, 3.8) is 0 Å². The van der Waals surface area contributed by atoms with E-state index in [0.29, 0.717) is 5.33 Å². The van der Waals surface area contributed by atoms with Gasteiger partial charge in [0.15, 0.2) is 0 Å². The van der Waals surface area contributed by atoms with Gasteiger partial charge in [0, 0.05) is 28.0 Å². The Balaban J connectivity index is 3.53. The van der Waals surface area contributed by atoms with Crippen LogP contribution in [0.4, 0.5) is 0 Å². The predicted octanol–water partition coefficient (Wildman–Crippen LogP) is 4.01. The van der Waals surface area contributed by atoms with E-state index in [-0.39, 0.29) is 17.0 Å². The van der Waals surface area contributed by atoms with Gasteiger partial charge in [0.2, 0.25) is 0 Å². The number of nitrogens with zero attached hydrogens (tertiary/aromatic N) is 1. The quantitative estimate of drug-likeness (QED) is 0.773. The highest BCUT2D eigenvalue weighted by atomic mass is 79.9. The highest BCUT2D eigenvalue weighted by molar-refractivity contribution is 9.08. The van der Waals surface area contributed by atoms with E-state index < -0.39 is 0 Å². The third-order valence-electron chi connectivity index (χ3n) is 3.14. The first kappa shape index (κ1) is 14.5. The molecule has 0 spiro atoms. The van der Waals surface area contributed by atoms with E-state index in [1.807, 2.05) is 10.6 Å². The lowest BCUT2D eigenvalue weighted by atomic mass is 9.90. The number of rotatable bonds is 3. The van der Waals surface area contributed by atoms with E-state index in [4.69, 9.17) is 0 Å². The second kappa shape index (κ2) is 5.38. The van der Waals surface area contributed by atoms with Crippen molar-refractivity contribution in [1.29, 1.82) is 0 Å². The van der Waals surface area contributed by atoms with Gasteiger partial charge in [-0.15, -0.1) is 0 Å². The third-order valence-corrected chi connectivity index (χ3v) is 3.74. The fraction of sp³-hybridized carbons (Fsp3) is 0.643. The second-order valence-electron chi connectivity index (χ2n) is 5.56. The molecule has 0 aromatic carbocycles. The van der Waals surface area contributed by atoms with Gasteiger partial charge in [-0.05, 0) is 19.4 Å². The van der Waals surface area contributed by atoms with Crippen molar-refractivity contribution in [3.8, 4) is 0 Å². The lowest BCUT2D eigenvalue weighted by Crippen LogP contribution is -2.33. The summed E-state index contributed by atoms with van der Waals surface area (Å²) >= 11 is 3.38. The molecule has 0 aliphatic heterocycles. The molecule has 96 valence electrons. The molecular formula is C14H22BrNO. The van der Waals surface area contributed by atoms with E-state index in [9.17, 15) is 4.79 Å². The summed E-state index contributed by atoms with van der Waals surface area (Å²) in [6.07, 6.45) is 0.967. The van der Waals surface area contributed by atoms with E-state index in [1.165, 1.54) is 0 Å². The van der Waals surface area contributed by atoms with Crippen LogP contribution in [0.25, 0.3) is 0 Å². The van der Waals surface area contributed by atoms with Crippen LogP contribution >= 0.6 is 15.9 Å². The minimum absolute atomic E-state index is 0.00652. The summed E-state index contributed by atoms with van der Waals surface area (Å²) in [5, 5.41) is 0.618. The van der Waals surface area contributed by atoms with Crippen LogP contribution in [0.3, 0.4) is 0 Å². The van der Waals surface area contributed by atoms with Crippen LogP contribution < -0.4 is 5.56 Å². The highest BCUT2D eigenvalue weighted by Gasteiger charge is 2.22. The summed E-state index contributed by atoms with van der Waals surface area (Å²) in [5.74, 6) is 0. The summed E-state index contributed by atoms with van der Waals surface area (Å²) in [5.41, 5.74) is 2.08. The van der Waals surface area contributed by atoms with Crippen molar-refractivity contribution < 1.29 is 0 Å². The average Bonchev–Trinajstić information content (AvgIpc) is 2.26. The zero-order valence-corrected chi connectivity index (χ0v) is 13.0. The molecular weight excluding hydrogens is 278 g/mol. The molecule has 2 nitrogen and oxygen atoms in total. The van der Waals surface area contributed by atoms with E-state index >= 15 is 0 Å². The predicted molar refractivity (Wildman–Crippen MR) is 77.0 cm³/mol. The first-order valence-electron chi connectivity index (χ1n) is 6.13. The lowest BCUT2D eigenvalue weighted by molar-refractivity contribution is 0.437. The third kappa shape index (κ3) is 3.01. The van der Waals surface area contributed by atoms with Crippen LogP contribution in [0, 0.1) is 0 Å². The van der Waals surface area contributed by atoms with Crippen molar-refractivity contribution in [2.24, 2.45) is 0 Å². The van der Waals surface area contributed by atoms with Crippen molar-refractivity contribution in [1.82, 2.24) is 4.57 Å². The molecule has 1 rings (SSSR count). The summed E-state index contributed by atoms with van der Waals surface area (Å²) in [7, 11) is 0. The molecule has 1 atom stereocenters. The molecule has 1 heterocycles. The first-order chi connectivity index (χ1) is 7.82. The Morgan fingerprint density at radius 1 is 1.35 bits per heavy atom. The normalized spacial score (nSPS) is 13.8. The Kier molecular flexibility index (Phi) is 4.59. The van der Waals surface area contributed by atoms with E-state index in [1.54, 1.807) is 0 Å². The fourth-order valence-corrected chi connectivity index (χ4v) is 2.36. The van der Waals surface area contributed by atoms with Crippen LogP contribution in [-0.2, 0) is 10.7 Å². The molecule has 1 aromatic heterocycles. The molecule has 0 saturated heterocycles. The van der Waals surface area contributed by atoms with Crippen LogP contribution in [-0.4, -0.2) is 4.57 Å². The van der Waals surface area contributed by atoms with Crippen molar-refractivity contribution >= 4 is 15.9 Å². The van der Waals surface area contributed by atoms with Gasteiger partial charge < -0.3 is 4.57 Å². The van der Waals surface area contributed by atoms with Gasteiger partial charge >= 0.3 is 0 Å². The maximum atomic E-state index is 12.4. The summed E-state index contributed by atoms with van der Waals surface area (Å²) in [6.45, 7) is 10.7. The number of halogens is 1. The summed E-state index contributed by atoms with van der Waals surface area (Å²) in [4.78, 5) is 12.4. The van der Waals surface area contributed by atoms with Crippen LogP contribution in [0.5, 0.6) is 0 Å². The van der Waals surface area contributed by atoms with Gasteiger partial charge in [0.1, 0.15) is 0 Å².